The van der Waals surface area contributed by atoms with E-state index in [0.29, 0.717) is 0 Å². The summed E-state index contributed by atoms with van der Waals surface area (Å²) in [5.74, 6) is 2.47. The fourth-order valence-electron chi connectivity index (χ4n) is 0.167. The maximum atomic E-state index is 2.17. The molecule has 2 heteroatoms. The highest BCUT2D eigenvalue weighted by atomic mass is 33.1. The van der Waals surface area contributed by atoms with Crippen molar-refractivity contribution in [2.45, 2.75) is 34.1 Å². The molecular weight excluding hydrogens is 148 g/mol. The summed E-state index contributed by atoms with van der Waals surface area (Å²) in [5.41, 5.74) is 0. The Bertz CT molecular complexity index is 26.1. The molecule has 0 aliphatic carbocycles. The summed E-state index contributed by atoms with van der Waals surface area (Å²) in [6.07, 6.45) is 1.25. The van der Waals surface area contributed by atoms with Gasteiger partial charge in [-0.15, -0.1) is 0 Å². The van der Waals surface area contributed by atoms with Gasteiger partial charge in [-0.3, -0.25) is 0 Å². The van der Waals surface area contributed by atoms with Crippen molar-refractivity contribution in [1.29, 1.82) is 0 Å². The highest BCUT2D eigenvalue weighted by Crippen LogP contribution is 2.18. The Morgan fingerprint density at radius 1 is 0.778 bits per heavy atom. The van der Waals surface area contributed by atoms with Crippen molar-refractivity contribution in [3.05, 3.63) is 0 Å². The quantitative estimate of drug-likeness (QED) is 0.462. The fourth-order valence-corrected chi connectivity index (χ4v) is 1.50. The minimum absolute atomic E-state index is 1.23. The van der Waals surface area contributed by atoms with Crippen molar-refractivity contribution in [3.63, 3.8) is 0 Å². The van der Waals surface area contributed by atoms with E-state index in [9.17, 15) is 0 Å². The molecule has 0 nitrogen and oxygen atoms in total. The van der Waals surface area contributed by atoms with Crippen LogP contribution in [0.25, 0.3) is 0 Å². The molecule has 0 bridgehead atoms. The van der Waals surface area contributed by atoms with Crippen LogP contribution in [-0.2, 0) is 0 Å². The van der Waals surface area contributed by atoms with Gasteiger partial charge < -0.3 is 0 Å². The first kappa shape index (κ1) is 12.4. The first-order valence-electron chi connectivity index (χ1n) is 3.57. The summed E-state index contributed by atoms with van der Waals surface area (Å²) < 4.78 is 0. The summed E-state index contributed by atoms with van der Waals surface area (Å²) in [7, 11) is 3.85. The molecule has 0 saturated carbocycles. The fraction of sp³-hybridized carbons (Fsp3) is 1.00. The van der Waals surface area contributed by atoms with E-state index in [-0.39, 0.29) is 0 Å². The molecule has 0 saturated heterocycles. The summed E-state index contributed by atoms with van der Waals surface area (Å²) >= 11 is 0. The van der Waals surface area contributed by atoms with Crippen LogP contribution in [0.1, 0.15) is 34.1 Å². The molecule has 0 unspecified atom stereocenters. The van der Waals surface area contributed by atoms with E-state index in [1.165, 1.54) is 17.9 Å². The van der Waals surface area contributed by atoms with Crippen LogP contribution in [0.2, 0.25) is 0 Å². The summed E-state index contributed by atoms with van der Waals surface area (Å²) in [6.45, 7) is 8.60. The normalized spacial score (nSPS) is 8.00. The third kappa shape index (κ3) is 28.5. The van der Waals surface area contributed by atoms with Gasteiger partial charge in [0.15, 0.2) is 0 Å². The molecule has 0 N–H and O–H groups in total. The maximum absolute atomic E-state index is 2.17. The van der Waals surface area contributed by atoms with E-state index in [1.54, 1.807) is 0 Å². The van der Waals surface area contributed by atoms with Gasteiger partial charge >= 0.3 is 0 Å². The third-order valence-electron chi connectivity index (χ3n) is 0.319. The number of rotatable bonds is 3. The number of hydrogen-bond donors (Lipinski definition) is 0. The van der Waals surface area contributed by atoms with Crippen molar-refractivity contribution in [3.8, 4) is 0 Å². The average Bonchev–Trinajstić information content (AvgIpc) is 1.86. The van der Waals surface area contributed by atoms with Gasteiger partial charge in [0.1, 0.15) is 0 Å². The Kier molecular flexibility index (Phi) is 21.8. The summed E-state index contributed by atoms with van der Waals surface area (Å²) in [5, 5.41) is 0. The van der Waals surface area contributed by atoms with Crippen molar-refractivity contribution >= 4 is 21.6 Å². The van der Waals surface area contributed by atoms with Gasteiger partial charge in [-0.2, -0.15) is 0 Å². The average molecular weight is 166 g/mol. The van der Waals surface area contributed by atoms with Gasteiger partial charge in [0.25, 0.3) is 0 Å². The van der Waals surface area contributed by atoms with Gasteiger partial charge in [0.2, 0.25) is 0 Å². The van der Waals surface area contributed by atoms with Gasteiger partial charge in [-0.25, -0.2) is 0 Å². The first-order chi connectivity index (χ1) is 4.33. The number of hydrogen-bond acceptors (Lipinski definition) is 2. The Morgan fingerprint density at radius 3 is 1.11 bits per heavy atom. The smallest absolute Gasteiger partial charge is 0.000844 e. The highest BCUT2D eigenvalue weighted by Gasteiger charge is 1.75. The van der Waals surface area contributed by atoms with Crippen LogP contribution in [-0.4, -0.2) is 11.5 Å². The molecule has 0 rings (SSSR count). The second-order valence-electron chi connectivity index (χ2n) is 1.52. The predicted octanol–water partition coefficient (Wildman–Crippen LogP) is 3.82. The minimum Gasteiger partial charge on any atom is -0.0945 e. The summed E-state index contributed by atoms with van der Waals surface area (Å²) in [4.78, 5) is 0. The van der Waals surface area contributed by atoms with E-state index < -0.39 is 0 Å². The molecule has 9 heavy (non-hydrogen) atoms. The van der Waals surface area contributed by atoms with Crippen LogP contribution >= 0.6 is 21.6 Å². The van der Waals surface area contributed by atoms with Crippen LogP contribution in [0.5, 0.6) is 0 Å². The lowest BCUT2D eigenvalue weighted by Crippen LogP contribution is -1.59. The molecule has 58 valence electrons. The topological polar surface area (TPSA) is 0 Å². The molecule has 0 aliphatic heterocycles. The van der Waals surface area contributed by atoms with Crippen LogP contribution in [0.15, 0.2) is 0 Å². The van der Waals surface area contributed by atoms with Crippen molar-refractivity contribution in [1.82, 2.24) is 0 Å². The lowest BCUT2D eigenvalue weighted by atomic mass is 10.6. The summed E-state index contributed by atoms with van der Waals surface area (Å²) in [6, 6.07) is 0. The van der Waals surface area contributed by atoms with Gasteiger partial charge in [-0.05, 0) is 0 Å². The molecule has 0 fully saturated rings. The van der Waals surface area contributed by atoms with E-state index in [0.717, 1.165) is 0 Å². The van der Waals surface area contributed by atoms with Crippen LogP contribution < -0.4 is 0 Å². The van der Waals surface area contributed by atoms with Gasteiger partial charge in [0.05, 0.1) is 0 Å². The molecular formula is C7H18S2. The van der Waals surface area contributed by atoms with E-state index in [2.05, 4.69) is 27.7 Å². The van der Waals surface area contributed by atoms with Gasteiger partial charge in [0, 0.05) is 11.5 Å². The first-order valence-corrected chi connectivity index (χ1v) is 6.06. The lowest BCUT2D eigenvalue weighted by Gasteiger charge is -1.86. The zero-order valence-electron chi connectivity index (χ0n) is 6.94. The second-order valence-corrected chi connectivity index (χ2v) is 4.56. The lowest BCUT2D eigenvalue weighted by molar-refractivity contribution is 1.09. The Morgan fingerprint density at radius 2 is 1.00 bits per heavy atom. The van der Waals surface area contributed by atoms with Crippen LogP contribution in [0.3, 0.4) is 0 Å². The zero-order chi connectivity index (χ0) is 7.54. The SMILES string of the molecule is CCC.CCSSCC. The third-order valence-corrected chi connectivity index (χ3v) is 2.87. The van der Waals surface area contributed by atoms with E-state index in [1.807, 2.05) is 21.6 Å². The Labute approximate surface area is 67.6 Å². The monoisotopic (exact) mass is 166 g/mol. The van der Waals surface area contributed by atoms with Crippen molar-refractivity contribution in [2.75, 3.05) is 11.5 Å². The van der Waals surface area contributed by atoms with Crippen LogP contribution in [0, 0.1) is 0 Å². The van der Waals surface area contributed by atoms with Crippen LogP contribution in [0.4, 0.5) is 0 Å². The molecule has 0 aromatic rings. The minimum atomic E-state index is 1.23. The molecule has 0 spiro atoms. The Balaban J connectivity index is 0. The molecule has 0 amide bonds. The predicted molar refractivity (Wildman–Crippen MR) is 52.2 cm³/mol. The maximum Gasteiger partial charge on any atom is 0.000844 e. The molecule has 0 radical (unpaired) electrons. The molecule has 0 heterocycles. The molecule has 0 aromatic carbocycles. The van der Waals surface area contributed by atoms with E-state index >= 15 is 0 Å². The standard InChI is InChI=1S/C4H10S2.C3H8/c1-3-5-6-4-2;1-3-2/h3-4H2,1-2H3;3H2,1-2H3. The largest absolute Gasteiger partial charge is 0.0945 e. The zero-order valence-corrected chi connectivity index (χ0v) is 8.57. The van der Waals surface area contributed by atoms with Gasteiger partial charge in [-0.1, -0.05) is 55.7 Å². The van der Waals surface area contributed by atoms with Crippen molar-refractivity contribution in [2.24, 2.45) is 0 Å². The Hall–Kier alpha value is 0.700. The second kappa shape index (κ2) is 15.9. The molecule has 0 aliphatic rings. The molecule has 0 atom stereocenters. The molecule has 0 aromatic heterocycles. The highest BCUT2D eigenvalue weighted by molar-refractivity contribution is 8.76. The van der Waals surface area contributed by atoms with E-state index in [4.69, 9.17) is 0 Å². The van der Waals surface area contributed by atoms with Crippen molar-refractivity contribution < 1.29 is 0 Å².